The Morgan fingerprint density at radius 1 is 1.15 bits per heavy atom. The molecule has 2 N–H and O–H groups in total. The van der Waals surface area contributed by atoms with Gasteiger partial charge in [-0.05, 0) is 23.3 Å². The van der Waals surface area contributed by atoms with Gasteiger partial charge in [0.2, 0.25) is 5.91 Å². The van der Waals surface area contributed by atoms with E-state index in [4.69, 9.17) is 5.73 Å². The van der Waals surface area contributed by atoms with Gasteiger partial charge in [0, 0.05) is 18.3 Å². The van der Waals surface area contributed by atoms with Crippen LogP contribution in [0.2, 0.25) is 0 Å². The fourth-order valence-electron chi connectivity index (χ4n) is 2.26. The van der Waals surface area contributed by atoms with Gasteiger partial charge < -0.3 is 5.73 Å². The van der Waals surface area contributed by atoms with Gasteiger partial charge in [-0.1, -0.05) is 24.3 Å². The number of carbonyl (C=O) groups excluding carboxylic acids is 2. The number of nitrogens with zero attached hydrogens (tertiary/aromatic N) is 2. The maximum Gasteiger partial charge on any atom is 0.266 e. The van der Waals surface area contributed by atoms with Gasteiger partial charge in [-0.25, -0.2) is 9.88 Å². The zero-order valence-electron chi connectivity index (χ0n) is 10.7. The molecule has 0 atom stereocenters. The Bertz CT molecular complexity index is 680. The average molecular weight is 267 g/mol. The number of anilines is 1. The topological polar surface area (TPSA) is 76.3 Å². The largest absolute Gasteiger partial charge is 0.326 e. The third-order valence-electron chi connectivity index (χ3n) is 3.32. The summed E-state index contributed by atoms with van der Waals surface area (Å²) in [6.07, 6.45) is 1.79. The van der Waals surface area contributed by atoms with Crippen LogP contribution in [0.1, 0.15) is 21.5 Å². The third-order valence-corrected chi connectivity index (χ3v) is 3.32. The van der Waals surface area contributed by atoms with Crippen molar-refractivity contribution in [1.29, 1.82) is 0 Å². The van der Waals surface area contributed by atoms with Crippen LogP contribution in [0.25, 0.3) is 0 Å². The first-order valence-corrected chi connectivity index (χ1v) is 6.31. The van der Waals surface area contributed by atoms with Crippen LogP contribution >= 0.6 is 0 Å². The number of fused-ring (bicyclic) bond motifs is 1. The first-order chi connectivity index (χ1) is 9.70. The van der Waals surface area contributed by atoms with Gasteiger partial charge in [0.15, 0.2) is 0 Å². The van der Waals surface area contributed by atoms with Crippen molar-refractivity contribution in [3.05, 3.63) is 59.3 Å². The molecule has 0 radical (unpaired) electrons. The normalized spacial score (nSPS) is 14.3. The minimum absolute atomic E-state index is 0.211. The van der Waals surface area contributed by atoms with Gasteiger partial charge in [0.1, 0.15) is 5.82 Å². The number of nitrogens with two attached hydrogens (primary N) is 1. The lowest BCUT2D eigenvalue weighted by Crippen LogP contribution is -2.42. The summed E-state index contributed by atoms with van der Waals surface area (Å²) in [5, 5.41) is 0. The predicted molar refractivity (Wildman–Crippen MR) is 74.1 cm³/mol. The Kier molecular flexibility index (Phi) is 3.04. The standard InChI is InChI=1S/C15H13N3O2/c16-8-10-5-6-13(17-9-10)18-14(19)7-11-3-1-2-4-12(11)15(18)20/h1-6,9H,7-8,16H2. The summed E-state index contributed by atoms with van der Waals surface area (Å²) in [6, 6.07) is 10.5. The van der Waals surface area contributed by atoms with E-state index in [0.717, 1.165) is 16.0 Å². The summed E-state index contributed by atoms with van der Waals surface area (Å²) in [5.41, 5.74) is 7.68. The van der Waals surface area contributed by atoms with Crippen LogP contribution < -0.4 is 10.6 Å². The SMILES string of the molecule is NCc1ccc(N2C(=O)Cc3ccccc3C2=O)nc1. The van der Waals surface area contributed by atoms with E-state index in [1.165, 1.54) is 0 Å². The van der Waals surface area contributed by atoms with Crippen LogP contribution in [0, 0.1) is 0 Å². The molecule has 20 heavy (non-hydrogen) atoms. The van der Waals surface area contributed by atoms with Gasteiger partial charge in [-0.3, -0.25) is 9.59 Å². The van der Waals surface area contributed by atoms with E-state index in [0.29, 0.717) is 17.9 Å². The van der Waals surface area contributed by atoms with Crippen LogP contribution in [-0.2, 0) is 17.8 Å². The Morgan fingerprint density at radius 3 is 2.65 bits per heavy atom. The third kappa shape index (κ3) is 1.98. The highest BCUT2D eigenvalue weighted by atomic mass is 16.2. The van der Waals surface area contributed by atoms with Gasteiger partial charge in [0.25, 0.3) is 5.91 Å². The Morgan fingerprint density at radius 2 is 1.95 bits per heavy atom. The monoisotopic (exact) mass is 267 g/mol. The molecule has 2 aromatic rings. The maximum atomic E-state index is 12.4. The number of benzene rings is 1. The molecule has 0 unspecified atom stereocenters. The smallest absolute Gasteiger partial charge is 0.266 e. The summed E-state index contributed by atoms with van der Waals surface area (Å²) in [6.45, 7) is 0.373. The number of hydrogen-bond acceptors (Lipinski definition) is 4. The van der Waals surface area contributed by atoms with Crippen molar-refractivity contribution in [3.8, 4) is 0 Å². The highest BCUT2D eigenvalue weighted by Gasteiger charge is 2.32. The van der Waals surface area contributed by atoms with Crippen molar-refractivity contribution in [2.75, 3.05) is 4.90 Å². The number of rotatable bonds is 2. The number of pyridine rings is 1. The molecule has 1 aliphatic rings. The number of hydrogen-bond donors (Lipinski definition) is 1. The average Bonchev–Trinajstić information content (AvgIpc) is 2.48. The Balaban J connectivity index is 2.01. The van der Waals surface area contributed by atoms with Crippen LogP contribution in [0.15, 0.2) is 42.6 Å². The molecule has 0 aliphatic carbocycles. The van der Waals surface area contributed by atoms with Gasteiger partial charge in [-0.2, -0.15) is 0 Å². The summed E-state index contributed by atoms with van der Waals surface area (Å²) in [5.74, 6) is -0.252. The second kappa shape index (κ2) is 4.86. The second-order valence-electron chi connectivity index (χ2n) is 4.60. The first-order valence-electron chi connectivity index (χ1n) is 6.31. The minimum Gasteiger partial charge on any atom is -0.326 e. The molecule has 0 saturated carbocycles. The van der Waals surface area contributed by atoms with E-state index in [2.05, 4.69) is 4.98 Å². The van der Waals surface area contributed by atoms with E-state index < -0.39 is 0 Å². The Labute approximate surface area is 116 Å². The van der Waals surface area contributed by atoms with Crippen LogP contribution in [0.5, 0.6) is 0 Å². The molecule has 1 aliphatic heterocycles. The van der Waals surface area contributed by atoms with E-state index in [1.807, 2.05) is 6.07 Å². The lowest BCUT2D eigenvalue weighted by molar-refractivity contribution is -0.117. The molecular weight excluding hydrogens is 254 g/mol. The van der Waals surface area contributed by atoms with Crippen molar-refractivity contribution >= 4 is 17.6 Å². The van der Waals surface area contributed by atoms with Crippen molar-refractivity contribution in [3.63, 3.8) is 0 Å². The van der Waals surface area contributed by atoms with E-state index in [1.54, 1.807) is 36.5 Å². The molecule has 100 valence electrons. The zero-order valence-corrected chi connectivity index (χ0v) is 10.7. The molecule has 0 spiro atoms. The van der Waals surface area contributed by atoms with Crippen LogP contribution in [0.3, 0.4) is 0 Å². The molecule has 0 bridgehead atoms. The number of amides is 2. The van der Waals surface area contributed by atoms with E-state index in [-0.39, 0.29) is 18.2 Å². The quantitative estimate of drug-likeness (QED) is 0.831. The molecule has 1 aromatic heterocycles. The summed E-state index contributed by atoms with van der Waals surface area (Å²) < 4.78 is 0. The number of imide groups is 1. The molecular formula is C15H13N3O2. The lowest BCUT2D eigenvalue weighted by atomic mass is 9.98. The molecule has 0 saturated heterocycles. The van der Waals surface area contributed by atoms with E-state index in [9.17, 15) is 9.59 Å². The molecule has 2 heterocycles. The van der Waals surface area contributed by atoms with E-state index >= 15 is 0 Å². The Hall–Kier alpha value is -2.53. The number of aromatic nitrogens is 1. The van der Waals surface area contributed by atoms with Crippen LogP contribution in [-0.4, -0.2) is 16.8 Å². The van der Waals surface area contributed by atoms with Gasteiger partial charge >= 0.3 is 0 Å². The minimum atomic E-state index is -0.329. The second-order valence-corrected chi connectivity index (χ2v) is 4.60. The van der Waals surface area contributed by atoms with Gasteiger partial charge in [-0.15, -0.1) is 0 Å². The maximum absolute atomic E-state index is 12.4. The predicted octanol–water partition coefficient (Wildman–Crippen LogP) is 1.27. The first kappa shape index (κ1) is 12.5. The number of carbonyl (C=O) groups is 2. The fraction of sp³-hybridized carbons (Fsp3) is 0.133. The summed E-state index contributed by atoms with van der Waals surface area (Å²) >= 11 is 0. The highest BCUT2D eigenvalue weighted by molar-refractivity contribution is 6.24. The lowest BCUT2D eigenvalue weighted by Gasteiger charge is -2.25. The molecule has 1 aromatic carbocycles. The molecule has 2 amide bonds. The highest BCUT2D eigenvalue weighted by Crippen LogP contribution is 2.23. The van der Waals surface area contributed by atoms with Crippen molar-refractivity contribution in [2.24, 2.45) is 5.73 Å². The fourth-order valence-corrected chi connectivity index (χ4v) is 2.26. The molecule has 5 nitrogen and oxygen atoms in total. The molecule has 3 rings (SSSR count). The van der Waals surface area contributed by atoms with Crippen molar-refractivity contribution < 1.29 is 9.59 Å². The van der Waals surface area contributed by atoms with Gasteiger partial charge in [0.05, 0.1) is 6.42 Å². The summed E-state index contributed by atoms with van der Waals surface area (Å²) in [7, 11) is 0. The van der Waals surface area contributed by atoms with Crippen molar-refractivity contribution in [1.82, 2.24) is 4.98 Å². The molecule has 0 fully saturated rings. The molecule has 5 heteroatoms. The van der Waals surface area contributed by atoms with Crippen molar-refractivity contribution in [2.45, 2.75) is 13.0 Å². The summed E-state index contributed by atoms with van der Waals surface area (Å²) in [4.78, 5) is 29.9. The van der Waals surface area contributed by atoms with Crippen LogP contribution in [0.4, 0.5) is 5.82 Å². The zero-order chi connectivity index (χ0) is 14.1.